The number of hydrogen-bond donors (Lipinski definition) is 1. The van der Waals surface area contributed by atoms with E-state index >= 15 is 0 Å². The number of aromatic nitrogens is 2. The van der Waals surface area contributed by atoms with Crippen LogP contribution >= 0.6 is 15.9 Å². The SMILES string of the molecule is COc1ccc(C(O)c2cncnc2)c(OC)c1Br. The highest BCUT2D eigenvalue weighted by atomic mass is 79.9. The van der Waals surface area contributed by atoms with Gasteiger partial charge in [-0.1, -0.05) is 0 Å². The van der Waals surface area contributed by atoms with Gasteiger partial charge in [0.25, 0.3) is 0 Å². The zero-order valence-corrected chi connectivity index (χ0v) is 12.1. The lowest BCUT2D eigenvalue weighted by Gasteiger charge is -2.17. The van der Waals surface area contributed by atoms with E-state index in [0.717, 1.165) is 0 Å². The third kappa shape index (κ3) is 2.69. The Morgan fingerprint density at radius 3 is 2.42 bits per heavy atom. The molecule has 0 bridgehead atoms. The van der Waals surface area contributed by atoms with Gasteiger partial charge in [0.15, 0.2) is 0 Å². The highest BCUT2D eigenvalue weighted by molar-refractivity contribution is 9.10. The second kappa shape index (κ2) is 5.99. The van der Waals surface area contributed by atoms with Crippen molar-refractivity contribution in [3.8, 4) is 11.5 Å². The molecule has 6 heteroatoms. The maximum absolute atomic E-state index is 10.4. The predicted molar refractivity (Wildman–Crippen MR) is 73.3 cm³/mol. The summed E-state index contributed by atoms with van der Waals surface area (Å²) in [6.45, 7) is 0. The van der Waals surface area contributed by atoms with Gasteiger partial charge in [0.1, 0.15) is 28.4 Å². The molecule has 19 heavy (non-hydrogen) atoms. The molecule has 100 valence electrons. The maximum atomic E-state index is 10.4. The van der Waals surface area contributed by atoms with Gasteiger partial charge in [-0.25, -0.2) is 9.97 Å². The number of benzene rings is 1. The van der Waals surface area contributed by atoms with Crippen molar-refractivity contribution < 1.29 is 14.6 Å². The van der Waals surface area contributed by atoms with Crippen LogP contribution in [0.3, 0.4) is 0 Å². The van der Waals surface area contributed by atoms with Gasteiger partial charge in [0.05, 0.1) is 14.2 Å². The zero-order valence-electron chi connectivity index (χ0n) is 10.5. The van der Waals surface area contributed by atoms with Crippen LogP contribution in [0.15, 0.2) is 35.3 Å². The number of rotatable bonds is 4. The van der Waals surface area contributed by atoms with E-state index in [1.165, 1.54) is 13.4 Å². The van der Waals surface area contributed by atoms with Crippen LogP contribution < -0.4 is 9.47 Å². The molecule has 1 unspecified atom stereocenters. The number of aliphatic hydroxyl groups is 1. The Morgan fingerprint density at radius 2 is 1.84 bits per heavy atom. The van der Waals surface area contributed by atoms with Crippen molar-refractivity contribution in [3.05, 3.63) is 46.5 Å². The average Bonchev–Trinajstić information content (AvgIpc) is 2.47. The minimum atomic E-state index is -0.863. The lowest BCUT2D eigenvalue weighted by molar-refractivity contribution is 0.213. The van der Waals surface area contributed by atoms with Crippen molar-refractivity contribution in [2.45, 2.75) is 6.10 Å². The molecule has 0 saturated carbocycles. The number of nitrogens with zero attached hydrogens (tertiary/aromatic N) is 2. The molecule has 0 saturated heterocycles. The van der Waals surface area contributed by atoms with E-state index in [1.807, 2.05) is 0 Å². The molecule has 2 rings (SSSR count). The molecule has 5 nitrogen and oxygen atoms in total. The van der Waals surface area contributed by atoms with Crippen LogP contribution in [0.4, 0.5) is 0 Å². The van der Waals surface area contributed by atoms with E-state index in [2.05, 4.69) is 25.9 Å². The molecule has 0 aliphatic heterocycles. The lowest BCUT2D eigenvalue weighted by Crippen LogP contribution is -2.04. The molecule has 0 radical (unpaired) electrons. The summed E-state index contributed by atoms with van der Waals surface area (Å²) in [7, 11) is 3.11. The first kappa shape index (κ1) is 13.8. The van der Waals surface area contributed by atoms with Gasteiger partial charge in [0, 0.05) is 23.5 Å². The molecule has 0 aliphatic rings. The molecule has 1 aromatic heterocycles. The number of hydrogen-bond acceptors (Lipinski definition) is 5. The summed E-state index contributed by atoms with van der Waals surface area (Å²) in [5.41, 5.74) is 1.21. The molecule has 0 fully saturated rings. The van der Waals surface area contributed by atoms with Crippen molar-refractivity contribution >= 4 is 15.9 Å². The molecule has 1 heterocycles. The van der Waals surface area contributed by atoms with Crippen LogP contribution in [0.5, 0.6) is 11.5 Å². The van der Waals surface area contributed by atoms with Crippen LogP contribution in [-0.4, -0.2) is 29.3 Å². The van der Waals surface area contributed by atoms with Crippen LogP contribution in [0.1, 0.15) is 17.2 Å². The fourth-order valence-corrected chi connectivity index (χ4v) is 2.45. The van der Waals surface area contributed by atoms with E-state index in [0.29, 0.717) is 27.1 Å². The molecule has 0 amide bonds. The minimum absolute atomic E-state index is 0.524. The van der Waals surface area contributed by atoms with E-state index in [4.69, 9.17) is 9.47 Å². The summed E-state index contributed by atoms with van der Waals surface area (Å²) >= 11 is 3.40. The minimum Gasteiger partial charge on any atom is -0.495 e. The summed E-state index contributed by atoms with van der Waals surface area (Å²) in [5, 5.41) is 10.4. The van der Waals surface area contributed by atoms with Gasteiger partial charge in [0.2, 0.25) is 0 Å². The van der Waals surface area contributed by atoms with E-state index in [-0.39, 0.29) is 0 Å². The maximum Gasteiger partial charge on any atom is 0.142 e. The third-order valence-electron chi connectivity index (χ3n) is 2.71. The normalized spacial score (nSPS) is 12.0. The number of methoxy groups -OCH3 is 2. The Bertz CT molecular complexity index is 563. The van der Waals surface area contributed by atoms with Crippen molar-refractivity contribution in [3.63, 3.8) is 0 Å². The first-order valence-electron chi connectivity index (χ1n) is 5.52. The molecule has 1 atom stereocenters. The Kier molecular flexibility index (Phi) is 4.34. The first-order chi connectivity index (χ1) is 9.19. The number of halogens is 1. The summed E-state index contributed by atoms with van der Waals surface area (Å²) in [4.78, 5) is 7.79. The van der Waals surface area contributed by atoms with Crippen molar-refractivity contribution in [1.29, 1.82) is 0 Å². The Balaban J connectivity index is 2.48. The van der Waals surface area contributed by atoms with Crippen LogP contribution in [0.25, 0.3) is 0 Å². The second-order valence-electron chi connectivity index (χ2n) is 3.78. The molecule has 0 aliphatic carbocycles. The van der Waals surface area contributed by atoms with E-state index in [9.17, 15) is 5.11 Å². The zero-order chi connectivity index (χ0) is 13.8. The summed E-state index contributed by atoms with van der Waals surface area (Å²) < 4.78 is 11.2. The molecule has 1 N–H and O–H groups in total. The monoisotopic (exact) mass is 324 g/mol. The highest BCUT2D eigenvalue weighted by Gasteiger charge is 2.20. The van der Waals surface area contributed by atoms with Crippen LogP contribution in [0.2, 0.25) is 0 Å². The largest absolute Gasteiger partial charge is 0.495 e. The molecular weight excluding hydrogens is 312 g/mol. The van der Waals surface area contributed by atoms with Gasteiger partial charge in [-0.05, 0) is 28.1 Å². The average molecular weight is 325 g/mol. The van der Waals surface area contributed by atoms with Gasteiger partial charge in [-0.2, -0.15) is 0 Å². The highest BCUT2D eigenvalue weighted by Crippen LogP contribution is 2.40. The van der Waals surface area contributed by atoms with E-state index < -0.39 is 6.10 Å². The number of aliphatic hydroxyl groups excluding tert-OH is 1. The molecule has 1 aromatic carbocycles. The summed E-state index contributed by atoms with van der Waals surface area (Å²) in [5.74, 6) is 1.16. The Morgan fingerprint density at radius 1 is 1.16 bits per heavy atom. The summed E-state index contributed by atoms with van der Waals surface area (Å²) in [6.07, 6.45) is 3.68. The Hall–Kier alpha value is -1.66. The second-order valence-corrected chi connectivity index (χ2v) is 4.57. The molecular formula is C13H13BrN2O3. The van der Waals surface area contributed by atoms with Crippen molar-refractivity contribution in [2.75, 3.05) is 14.2 Å². The topological polar surface area (TPSA) is 64.5 Å². The molecule has 0 spiro atoms. The quantitative estimate of drug-likeness (QED) is 0.935. The van der Waals surface area contributed by atoms with Gasteiger partial charge in [-0.15, -0.1) is 0 Å². The number of ether oxygens (including phenoxy) is 2. The van der Waals surface area contributed by atoms with E-state index in [1.54, 1.807) is 31.6 Å². The summed E-state index contributed by atoms with van der Waals surface area (Å²) in [6, 6.07) is 3.51. The first-order valence-corrected chi connectivity index (χ1v) is 6.31. The predicted octanol–water partition coefficient (Wildman–Crippen LogP) is 2.34. The standard InChI is InChI=1S/C13H13BrN2O3/c1-18-10-4-3-9(13(19-2)11(10)14)12(17)8-5-15-7-16-6-8/h3-7,12,17H,1-2H3. The van der Waals surface area contributed by atoms with Crippen LogP contribution in [-0.2, 0) is 0 Å². The fraction of sp³-hybridized carbons (Fsp3) is 0.231. The smallest absolute Gasteiger partial charge is 0.142 e. The third-order valence-corrected chi connectivity index (χ3v) is 3.46. The van der Waals surface area contributed by atoms with Gasteiger partial charge < -0.3 is 14.6 Å². The van der Waals surface area contributed by atoms with Crippen molar-refractivity contribution in [2.24, 2.45) is 0 Å². The van der Waals surface area contributed by atoms with Crippen LogP contribution in [0, 0.1) is 0 Å². The Labute approximate surface area is 119 Å². The fourth-order valence-electron chi connectivity index (χ4n) is 1.76. The van der Waals surface area contributed by atoms with Gasteiger partial charge in [-0.3, -0.25) is 0 Å². The van der Waals surface area contributed by atoms with Gasteiger partial charge >= 0.3 is 0 Å². The van der Waals surface area contributed by atoms with Crippen molar-refractivity contribution in [1.82, 2.24) is 9.97 Å². The lowest BCUT2D eigenvalue weighted by atomic mass is 10.0. The molecule has 2 aromatic rings.